The molecule has 0 aliphatic heterocycles. The van der Waals surface area contributed by atoms with Crippen molar-refractivity contribution in [1.82, 2.24) is 9.55 Å². The molecule has 18 heavy (non-hydrogen) atoms. The van der Waals surface area contributed by atoms with Gasteiger partial charge in [0.05, 0.1) is 10.7 Å². The molecule has 0 fully saturated rings. The molecule has 0 saturated heterocycles. The molecule has 0 bridgehead atoms. The zero-order valence-electron chi connectivity index (χ0n) is 10.7. The lowest BCUT2D eigenvalue weighted by atomic mass is 10.1. The first-order chi connectivity index (χ1) is 8.40. The fraction of sp³-hybridized carbons (Fsp3) is 0.214. The van der Waals surface area contributed by atoms with Crippen LogP contribution in [0.4, 0.5) is 4.39 Å². The van der Waals surface area contributed by atoms with Crippen molar-refractivity contribution >= 4 is 12.7 Å². The number of hydrogen-bond donors (Lipinski definition) is 1. The van der Waals surface area contributed by atoms with Crippen molar-refractivity contribution in [2.75, 3.05) is 0 Å². The number of aromatic hydroxyl groups is 1. The van der Waals surface area contributed by atoms with E-state index in [9.17, 15) is 9.50 Å². The predicted molar refractivity (Wildman–Crippen MR) is 69.1 cm³/mol. The quantitative estimate of drug-likeness (QED) is 0.819. The molecule has 2 aromatic rings. The van der Waals surface area contributed by atoms with Gasteiger partial charge in [-0.25, -0.2) is 9.37 Å². The van der Waals surface area contributed by atoms with Gasteiger partial charge in [-0.2, -0.15) is 0 Å². The summed E-state index contributed by atoms with van der Waals surface area (Å²) in [6, 6.07) is 2.99. The minimum absolute atomic E-state index is 0.306. The fourth-order valence-electron chi connectivity index (χ4n) is 1.80. The molecule has 0 spiro atoms. The average molecular weight is 246 g/mol. The van der Waals surface area contributed by atoms with Gasteiger partial charge in [-0.1, -0.05) is 6.58 Å². The largest absolute Gasteiger partial charge is 0.505 e. The normalized spacial score (nSPS) is 12.1. The number of aromatic nitrogens is 2. The third-order valence-electron chi connectivity index (χ3n) is 3.05. The maximum Gasteiger partial charge on any atom is 0.165 e. The Morgan fingerprint density at radius 2 is 2.06 bits per heavy atom. The van der Waals surface area contributed by atoms with Gasteiger partial charge in [-0.05, 0) is 43.2 Å². The van der Waals surface area contributed by atoms with Gasteiger partial charge in [0.15, 0.2) is 11.6 Å². The summed E-state index contributed by atoms with van der Waals surface area (Å²) < 4.78 is 15.3. The van der Waals surface area contributed by atoms with Crippen LogP contribution in [0, 0.1) is 19.7 Å². The molecule has 0 aliphatic rings. The van der Waals surface area contributed by atoms with Gasteiger partial charge in [0.2, 0.25) is 0 Å². The minimum atomic E-state index is -0.625. The van der Waals surface area contributed by atoms with Crippen LogP contribution in [-0.4, -0.2) is 14.7 Å². The highest BCUT2D eigenvalue weighted by molar-refractivity contribution is 5.52. The lowest BCUT2D eigenvalue weighted by Gasteiger charge is -2.01. The Kier molecular flexibility index (Phi) is 2.95. The number of benzene rings is 1. The lowest BCUT2D eigenvalue weighted by molar-refractivity contribution is 0.428. The Bertz CT molecular complexity index is 693. The van der Waals surface area contributed by atoms with E-state index in [0.29, 0.717) is 16.5 Å². The number of rotatable bonds is 1. The van der Waals surface area contributed by atoms with Crippen LogP contribution in [0.25, 0.3) is 12.7 Å². The van der Waals surface area contributed by atoms with Crippen molar-refractivity contribution in [2.24, 2.45) is 7.05 Å². The Morgan fingerprint density at radius 1 is 1.39 bits per heavy atom. The highest BCUT2D eigenvalue weighted by Crippen LogP contribution is 2.22. The van der Waals surface area contributed by atoms with E-state index in [4.69, 9.17) is 0 Å². The Balaban J connectivity index is 2.64. The summed E-state index contributed by atoms with van der Waals surface area (Å²) in [5.74, 6) is -0.0825. The number of hydrogen-bond acceptors (Lipinski definition) is 2. The van der Waals surface area contributed by atoms with Crippen molar-refractivity contribution in [3.8, 4) is 5.75 Å². The molecule has 4 heteroatoms. The van der Waals surface area contributed by atoms with E-state index in [-0.39, 0.29) is 5.75 Å². The van der Waals surface area contributed by atoms with Crippen molar-refractivity contribution < 1.29 is 9.50 Å². The number of aryl methyl sites for hydroxylation is 2. The molecule has 0 radical (unpaired) electrons. The van der Waals surface area contributed by atoms with Crippen molar-refractivity contribution in [2.45, 2.75) is 13.8 Å². The Morgan fingerprint density at radius 3 is 2.56 bits per heavy atom. The first-order valence-electron chi connectivity index (χ1n) is 5.59. The third kappa shape index (κ3) is 2.01. The van der Waals surface area contributed by atoms with E-state index in [1.807, 2.05) is 18.5 Å². The molecule has 1 aromatic carbocycles. The highest BCUT2D eigenvalue weighted by atomic mass is 19.1. The predicted octanol–water partition coefficient (Wildman–Crippen LogP) is 1.12. The summed E-state index contributed by atoms with van der Waals surface area (Å²) in [4.78, 5) is 4.35. The lowest BCUT2D eigenvalue weighted by Crippen LogP contribution is -2.27. The smallest absolute Gasteiger partial charge is 0.165 e. The zero-order chi connectivity index (χ0) is 13.4. The molecular weight excluding hydrogens is 231 g/mol. The van der Waals surface area contributed by atoms with Crippen molar-refractivity contribution in [1.29, 1.82) is 0 Å². The monoisotopic (exact) mass is 246 g/mol. The summed E-state index contributed by atoms with van der Waals surface area (Å²) >= 11 is 0. The second-order valence-corrected chi connectivity index (χ2v) is 4.36. The molecule has 0 unspecified atom stereocenters. The summed E-state index contributed by atoms with van der Waals surface area (Å²) in [5.41, 5.74) is 1.16. The average Bonchev–Trinajstić information content (AvgIpc) is 2.54. The second-order valence-electron chi connectivity index (χ2n) is 4.36. The molecule has 0 saturated carbocycles. The van der Waals surface area contributed by atoms with Gasteiger partial charge in [-0.15, -0.1) is 0 Å². The van der Waals surface area contributed by atoms with E-state index < -0.39 is 5.82 Å². The van der Waals surface area contributed by atoms with Gasteiger partial charge < -0.3 is 9.67 Å². The molecule has 1 aromatic heterocycles. The zero-order valence-corrected chi connectivity index (χ0v) is 10.7. The Hall–Kier alpha value is -2.10. The van der Waals surface area contributed by atoms with Crippen LogP contribution in [0.15, 0.2) is 12.1 Å². The van der Waals surface area contributed by atoms with Gasteiger partial charge in [-0.3, -0.25) is 0 Å². The molecule has 0 atom stereocenters. The van der Waals surface area contributed by atoms with Crippen LogP contribution in [0.1, 0.15) is 17.0 Å². The number of nitrogens with zero attached hydrogens (tertiary/aromatic N) is 2. The summed E-state index contributed by atoms with van der Waals surface area (Å²) in [7, 11) is 1.88. The standard InChI is InChI=1S/C14H15FN2O/c1-8-5-11(6-12(15)14(8)18)7-13-9(2)17(4)10(3)16-13/h5-7,18H,2H2,1,3-4H3/b13-7-. The van der Waals surface area contributed by atoms with Gasteiger partial charge in [0.1, 0.15) is 5.82 Å². The molecule has 2 rings (SSSR count). The Labute approximate surface area is 105 Å². The first-order valence-corrected chi connectivity index (χ1v) is 5.59. The molecule has 1 N–H and O–H groups in total. The highest BCUT2D eigenvalue weighted by Gasteiger charge is 2.05. The number of halogens is 1. The van der Waals surface area contributed by atoms with Crippen molar-refractivity contribution in [3.05, 3.63) is 45.6 Å². The minimum Gasteiger partial charge on any atom is -0.505 e. The molecule has 0 amide bonds. The van der Waals surface area contributed by atoms with Crippen LogP contribution in [-0.2, 0) is 7.05 Å². The summed E-state index contributed by atoms with van der Waals surface area (Å²) in [5, 5.41) is 10.9. The first kappa shape index (κ1) is 12.4. The molecular formula is C14H15FN2O. The SMILES string of the molecule is C=c1/c(=C/c2cc(C)c(O)c(F)c2)nc(C)n1C. The maximum absolute atomic E-state index is 13.4. The van der Waals surface area contributed by atoms with Crippen LogP contribution in [0.3, 0.4) is 0 Å². The van der Waals surface area contributed by atoms with E-state index in [1.54, 1.807) is 19.1 Å². The van der Waals surface area contributed by atoms with E-state index in [2.05, 4.69) is 11.6 Å². The molecule has 0 aliphatic carbocycles. The van der Waals surface area contributed by atoms with Crippen LogP contribution < -0.4 is 10.7 Å². The van der Waals surface area contributed by atoms with Crippen LogP contribution >= 0.6 is 0 Å². The summed E-state index contributed by atoms with van der Waals surface area (Å²) in [6.07, 6.45) is 1.75. The topological polar surface area (TPSA) is 38.1 Å². The number of phenolic OH excluding ortho intramolecular Hbond substituents is 1. The van der Waals surface area contributed by atoms with Crippen LogP contribution in [0.5, 0.6) is 5.75 Å². The fourth-order valence-corrected chi connectivity index (χ4v) is 1.80. The molecule has 1 heterocycles. The third-order valence-corrected chi connectivity index (χ3v) is 3.05. The number of phenols is 1. The van der Waals surface area contributed by atoms with E-state index in [0.717, 1.165) is 11.2 Å². The van der Waals surface area contributed by atoms with Crippen molar-refractivity contribution in [3.63, 3.8) is 0 Å². The maximum atomic E-state index is 13.4. The second kappa shape index (κ2) is 4.29. The molecule has 3 nitrogen and oxygen atoms in total. The van der Waals surface area contributed by atoms with E-state index in [1.165, 1.54) is 6.07 Å². The van der Waals surface area contributed by atoms with Gasteiger partial charge in [0.25, 0.3) is 0 Å². The van der Waals surface area contributed by atoms with E-state index >= 15 is 0 Å². The number of imidazole rings is 1. The molecule has 94 valence electrons. The van der Waals surface area contributed by atoms with Gasteiger partial charge in [0, 0.05) is 7.05 Å². The summed E-state index contributed by atoms with van der Waals surface area (Å²) in [6.45, 7) is 7.47. The van der Waals surface area contributed by atoms with Gasteiger partial charge >= 0.3 is 0 Å². The van der Waals surface area contributed by atoms with Crippen LogP contribution in [0.2, 0.25) is 0 Å².